The van der Waals surface area contributed by atoms with Crippen LogP contribution in [0.4, 0.5) is 4.39 Å². The minimum Gasteiger partial charge on any atom is -0.311 e. The van der Waals surface area contributed by atoms with Gasteiger partial charge in [-0.05, 0) is 37.6 Å². The molecule has 0 radical (unpaired) electrons. The monoisotopic (exact) mass is 256 g/mol. The van der Waals surface area contributed by atoms with Gasteiger partial charge < -0.3 is 10.2 Å². The first-order valence-corrected chi connectivity index (χ1v) is 6.39. The van der Waals surface area contributed by atoms with Crippen LogP contribution in [0, 0.1) is 5.82 Å². The highest BCUT2D eigenvalue weighted by Gasteiger charge is 2.25. The fourth-order valence-corrected chi connectivity index (χ4v) is 2.08. The van der Waals surface area contributed by atoms with Gasteiger partial charge in [0.05, 0.1) is 0 Å². The summed E-state index contributed by atoms with van der Waals surface area (Å²) < 4.78 is 12.8. The lowest BCUT2D eigenvalue weighted by Gasteiger charge is -2.15. The van der Waals surface area contributed by atoms with E-state index in [1.54, 1.807) is 6.07 Å². The van der Waals surface area contributed by atoms with Gasteiger partial charge in [0.1, 0.15) is 5.82 Å². The average molecular weight is 257 g/mol. The van der Waals surface area contributed by atoms with Crippen LogP contribution in [0.1, 0.15) is 18.4 Å². The summed E-state index contributed by atoms with van der Waals surface area (Å²) in [5.74, 6) is -0.285. The Morgan fingerprint density at radius 1 is 1.47 bits per heavy atom. The Morgan fingerprint density at radius 2 is 2.24 bits per heavy atom. The number of halogens is 2. The molecule has 0 atom stereocenters. The first-order chi connectivity index (χ1) is 8.16. The van der Waals surface area contributed by atoms with Crippen LogP contribution in [0.5, 0.6) is 0 Å². The van der Waals surface area contributed by atoms with Crippen molar-refractivity contribution in [3.8, 4) is 0 Å². The SMILES string of the molecule is CN(CCNCc1ccc(F)cc1Cl)C1CC1. The Bertz CT molecular complexity index is 380. The standard InChI is InChI=1S/C13H18ClFN2/c1-17(12-4-5-12)7-6-16-9-10-2-3-11(15)8-13(10)14/h2-3,8,12,16H,4-7,9H2,1H3. The summed E-state index contributed by atoms with van der Waals surface area (Å²) in [6, 6.07) is 5.33. The summed E-state index contributed by atoms with van der Waals surface area (Å²) in [7, 11) is 2.16. The molecule has 4 heteroatoms. The van der Waals surface area contributed by atoms with Gasteiger partial charge in [0.25, 0.3) is 0 Å². The zero-order chi connectivity index (χ0) is 12.3. The normalized spacial score (nSPS) is 15.5. The van der Waals surface area contributed by atoms with Crippen molar-refractivity contribution in [3.05, 3.63) is 34.6 Å². The Kier molecular flexibility index (Phi) is 4.37. The van der Waals surface area contributed by atoms with Gasteiger partial charge in [0, 0.05) is 30.7 Å². The molecule has 2 nitrogen and oxygen atoms in total. The van der Waals surface area contributed by atoms with Crippen molar-refractivity contribution in [2.24, 2.45) is 0 Å². The van der Waals surface area contributed by atoms with Crippen molar-refractivity contribution in [2.75, 3.05) is 20.1 Å². The van der Waals surface area contributed by atoms with Gasteiger partial charge in [-0.2, -0.15) is 0 Å². The van der Waals surface area contributed by atoms with Gasteiger partial charge in [-0.1, -0.05) is 17.7 Å². The minimum atomic E-state index is -0.285. The van der Waals surface area contributed by atoms with Crippen LogP contribution in [0.25, 0.3) is 0 Å². The van der Waals surface area contributed by atoms with Crippen molar-refractivity contribution in [1.29, 1.82) is 0 Å². The Hall–Kier alpha value is -0.640. The quantitative estimate of drug-likeness (QED) is 0.788. The highest BCUT2D eigenvalue weighted by Crippen LogP contribution is 2.24. The van der Waals surface area contributed by atoms with E-state index in [0.29, 0.717) is 11.6 Å². The highest BCUT2D eigenvalue weighted by molar-refractivity contribution is 6.31. The average Bonchev–Trinajstić information content (AvgIpc) is 3.10. The number of rotatable bonds is 6. The maximum atomic E-state index is 12.8. The number of hydrogen-bond acceptors (Lipinski definition) is 2. The molecule has 1 aromatic rings. The number of nitrogens with zero attached hydrogens (tertiary/aromatic N) is 1. The molecule has 0 heterocycles. The first kappa shape index (κ1) is 12.8. The summed E-state index contributed by atoms with van der Waals surface area (Å²) in [6.45, 7) is 2.67. The number of nitrogens with one attached hydrogen (secondary N) is 1. The lowest BCUT2D eigenvalue weighted by molar-refractivity contribution is 0.321. The largest absolute Gasteiger partial charge is 0.311 e. The molecule has 1 aliphatic carbocycles. The van der Waals surface area contributed by atoms with Crippen LogP contribution in [0.3, 0.4) is 0 Å². The molecule has 0 aliphatic heterocycles. The molecule has 1 saturated carbocycles. The lowest BCUT2D eigenvalue weighted by Crippen LogP contribution is -2.30. The molecule has 17 heavy (non-hydrogen) atoms. The third-order valence-electron chi connectivity index (χ3n) is 3.14. The number of hydrogen-bond donors (Lipinski definition) is 1. The van der Waals surface area contributed by atoms with Crippen LogP contribution < -0.4 is 5.32 Å². The Morgan fingerprint density at radius 3 is 2.88 bits per heavy atom. The molecule has 1 aromatic carbocycles. The third-order valence-corrected chi connectivity index (χ3v) is 3.49. The second-order valence-electron chi connectivity index (χ2n) is 4.62. The molecule has 0 aromatic heterocycles. The van der Waals surface area contributed by atoms with Crippen molar-refractivity contribution in [1.82, 2.24) is 10.2 Å². The summed E-state index contributed by atoms with van der Waals surface area (Å²) in [5.41, 5.74) is 0.946. The van der Waals surface area contributed by atoms with E-state index in [1.165, 1.54) is 25.0 Å². The van der Waals surface area contributed by atoms with Gasteiger partial charge in [-0.25, -0.2) is 4.39 Å². The van der Waals surface area contributed by atoms with E-state index >= 15 is 0 Å². The van der Waals surface area contributed by atoms with E-state index in [2.05, 4.69) is 17.3 Å². The molecule has 1 fully saturated rings. The van der Waals surface area contributed by atoms with Crippen LogP contribution in [0.15, 0.2) is 18.2 Å². The maximum absolute atomic E-state index is 12.8. The molecule has 0 saturated heterocycles. The summed E-state index contributed by atoms with van der Waals surface area (Å²) in [5, 5.41) is 3.82. The van der Waals surface area contributed by atoms with E-state index in [0.717, 1.165) is 24.7 Å². The number of benzene rings is 1. The lowest BCUT2D eigenvalue weighted by atomic mass is 10.2. The molecule has 94 valence electrons. The molecule has 1 aliphatic rings. The van der Waals surface area contributed by atoms with Crippen molar-refractivity contribution < 1.29 is 4.39 Å². The zero-order valence-corrected chi connectivity index (χ0v) is 10.8. The van der Waals surface area contributed by atoms with Gasteiger partial charge >= 0.3 is 0 Å². The minimum absolute atomic E-state index is 0.285. The van der Waals surface area contributed by atoms with Gasteiger partial charge in [-0.15, -0.1) is 0 Å². The van der Waals surface area contributed by atoms with Crippen molar-refractivity contribution >= 4 is 11.6 Å². The van der Waals surface area contributed by atoms with Gasteiger partial charge in [0.15, 0.2) is 0 Å². The van der Waals surface area contributed by atoms with E-state index in [4.69, 9.17) is 11.6 Å². The molecule has 0 unspecified atom stereocenters. The van der Waals surface area contributed by atoms with Crippen molar-refractivity contribution in [3.63, 3.8) is 0 Å². The van der Waals surface area contributed by atoms with Crippen LogP contribution in [-0.2, 0) is 6.54 Å². The molecule has 1 N–H and O–H groups in total. The smallest absolute Gasteiger partial charge is 0.124 e. The van der Waals surface area contributed by atoms with Crippen LogP contribution in [-0.4, -0.2) is 31.1 Å². The molecule has 0 amide bonds. The number of likely N-dealkylation sites (N-methyl/N-ethyl adjacent to an activating group) is 1. The van der Waals surface area contributed by atoms with E-state index in [-0.39, 0.29) is 5.82 Å². The summed E-state index contributed by atoms with van der Waals surface area (Å²) in [6.07, 6.45) is 2.67. The summed E-state index contributed by atoms with van der Waals surface area (Å²) in [4.78, 5) is 2.37. The van der Waals surface area contributed by atoms with Crippen molar-refractivity contribution in [2.45, 2.75) is 25.4 Å². The molecule has 0 spiro atoms. The Balaban J connectivity index is 1.70. The highest BCUT2D eigenvalue weighted by atomic mass is 35.5. The molecular formula is C13H18ClFN2. The van der Waals surface area contributed by atoms with Crippen LogP contribution in [0.2, 0.25) is 5.02 Å². The zero-order valence-electron chi connectivity index (χ0n) is 10.0. The molecule has 0 bridgehead atoms. The summed E-state index contributed by atoms with van der Waals surface area (Å²) >= 11 is 5.94. The predicted molar refractivity (Wildman–Crippen MR) is 68.8 cm³/mol. The van der Waals surface area contributed by atoms with Gasteiger partial charge in [0.2, 0.25) is 0 Å². The second-order valence-corrected chi connectivity index (χ2v) is 5.03. The molecule has 2 rings (SSSR count). The first-order valence-electron chi connectivity index (χ1n) is 6.01. The van der Waals surface area contributed by atoms with Crippen LogP contribution >= 0.6 is 11.6 Å². The fraction of sp³-hybridized carbons (Fsp3) is 0.538. The topological polar surface area (TPSA) is 15.3 Å². The molecular weight excluding hydrogens is 239 g/mol. The fourth-order valence-electron chi connectivity index (χ4n) is 1.84. The van der Waals surface area contributed by atoms with E-state index < -0.39 is 0 Å². The van der Waals surface area contributed by atoms with E-state index in [9.17, 15) is 4.39 Å². The third kappa shape index (κ3) is 3.95. The predicted octanol–water partition coefficient (Wildman–Crippen LogP) is 2.66. The maximum Gasteiger partial charge on any atom is 0.124 e. The second kappa shape index (κ2) is 5.80. The van der Waals surface area contributed by atoms with E-state index in [1.807, 2.05) is 0 Å². The Labute approximate surface area is 107 Å². The van der Waals surface area contributed by atoms with Gasteiger partial charge in [-0.3, -0.25) is 0 Å².